The number of hydrogen-bond acceptors (Lipinski definition) is 2. The van der Waals surface area contributed by atoms with Gasteiger partial charge >= 0.3 is 0 Å². The molecule has 0 aromatic heterocycles. The lowest BCUT2D eigenvalue weighted by molar-refractivity contribution is 0.635. The van der Waals surface area contributed by atoms with E-state index >= 15 is 0 Å². The molecule has 1 nitrogen and oxygen atoms in total. The van der Waals surface area contributed by atoms with E-state index < -0.39 is 0 Å². The van der Waals surface area contributed by atoms with Crippen LogP contribution in [0.4, 0.5) is 0 Å². The summed E-state index contributed by atoms with van der Waals surface area (Å²) in [7, 11) is 0. The molecule has 0 amide bonds. The molecule has 0 saturated heterocycles. The molecule has 0 bridgehead atoms. The molecule has 2 heteroatoms. The Kier molecular flexibility index (Phi) is 7.18. The van der Waals surface area contributed by atoms with Gasteiger partial charge in [0.05, 0.1) is 0 Å². The quantitative estimate of drug-likeness (QED) is 0.628. The van der Waals surface area contributed by atoms with Crippen molar-refractivity contribution in [1.82, 2.24) is 0 Å². The topological polar surface area (TPSA) is 26.0 Å². The van der Waals surface area contributed by atoms with Crippen LogP contribution in [0.25, 0.3) is 0 Å². The van der Waals surface area contributed by atoms with E-state index in [1.54, 1.807) is 0 Å². The van der Waals surface area contributed by atoms with Crippen LogP contribution in [0, 0.1) is 5.92 Å². The Bertz CT molecular complexity index is 83.6. The minimum atomic E-state index is 0.374. The van der Waals surface area contributed by atoms with Gasteiger partial charge < -0.3 is 5.73 Å². The fourth-order valence-corrected chi connectivity index (χ4v) is 2.01. The monoisotopic (exact) mass is 175 g/mol. The lowest BCUT2D eigenvalue weighted by Gasteiger charge is -2.08. The fourth-order valence-electron chi connectivity index (χ4n) is 0.672. The van der Waals surface area contributed by atoms with Crippen molar-refractivity contribution in [1.29, 1.82) is 0 Å². The average Bonchev–Trinajstić information content (AvgIpc) is 1.97. The first kappa shape index (κ1) is 11.3. The zero-order chi connectivity index (χ0) is 8.69. The molecule has 0 radical (unpaired) electrons. The lowest BCUT2D eigenvalue weighted by Crippen LogP contribution is -2.15. The third kappa shape index (κ3) is 8.21. The van der Waals surface area contributed by atoms with Gasteiger partial charge in [0.1, 0.15) is 0 Å². The maximum Gasteiger partial charge on any atom is 0.00183 e. The van der Waals surface area contributed by atoms with Crippen molar-refractivity contribution < 1.29 is 0 Å². The zero-order valence-corrected chi connectivity index (χ0v) is 8.79. The molecular formula is C9H21NS. The first-order valence-corrected chi connectivity index (χ1v) is 5.65. The number of rotatable bonds is 6. The van der Waals surface area contributed by atoms with Crippen LogP contribution in [0.3, 0.4) is 0 Å². The first-order valence-electron chi connectivity index (χ1n) is 4.50. The maximum atomic E-state index is 5.63. The predicted molar refractivity (Wildman–Crippen MR) is 55.0 cm³/mol. The molecule has 0 aliphatic carbocycles. The summed E-state index contributed by atoms with van der Waals surface area (Å²) in [5.74, 6) is 3.39. The molecule has 0 rings (SSSR count). The van der Waals surface area contributed by atoms with Gasteiger partial charge in [-0.1, -0.05) is 20.3 Å². The van der Waals surface area contributed by atoms with Gasteiger partial charge in [0.2, 0.25) is 0 Å². The van der Waals surface area contributed by atoms with Crippen LogP contribution in [0.1, 0.15) is 33.6 Å². The summed E-state index contributed by atoms with van der Waals surface area (Å²) in [5, 5.41) is 0. The van der Waals surface area contributed by atoms with Gasteiger partial charge in [-0.05, 0) is 30.8 Å². The molecule has 0 heterocycles. The largest absolute Gasteiger partial charge is 0.328 e. The summed E-state index contributed by atoms with van der Waals surface area (Å²) in [4.78, 5) is 0. The summed E-state index contributed by atoms with van der Waals surface area (Å²) in [6.07, 6.45) is 2.45. The lowest BCUT2D eigenvalue weighted by atomic mass is 10.2. The van der Waals surface area contributed by atoms with Crippen LogP contribution in [0.15, 0.2) is 0 Å². The molecule has 11 heavy (non-hydrogen) atoms. The van der Waals surface area contributed by atoms with Gasteiger partial charge in [0, 0.05) is 6.04 Å². The Morgan fingerprint density at radius 3 is 2.45 bits per heavy atom. The van der Waals surface area contributed by atoms with E-state index in [1.165, 1.54) is 17.9 Å². The second-order valence-electron chi connectivity index (χ2n) is 3.35. The van der Waals surface area contributed by atoms with Crippen molar-refractivity contribution in [2.24, 2.45) is 11.7 Å². The van der Waals surface area contributed by atoms with E-state index in [0.717, 1.165) is 12.3 Å². The van der Waals surface area contributed by atoms with Crippen molar-refractivity contribution in [3.8, 4) is 0 Å². The van der Waals surface area contributed by atoms with Crippen molar-refractivity contribution in [3.05, 3.63) is 0 Å². The molecule has 2 atom stereocenters. The number of thioether (sulfide) groups is 1. The van der Waals surface area contributed by atoms with E-state index in [-0.39, 0.29) is 0 Å². The minimum absolute atomic E-state index is 0.374. The fraction of sp³-hybridized carbons (Fsp3) is 1.00. The highest BCUT2D eigenvalue weighted by Gasteiger charge is 1.99. The van der Waals surface area contributed by atoms with Crippen LogP contribution in [0.5, 0.6) is 0 Å². The predicted octanol–water partition coefficient (Wildman–Crippen LogP) is 2.50. The van der Waals surface area contributed by atoms with Crippen molar-refractivity contribution in [2.75, 3.05) is 11.5 Å². The Hall–Kier alpha value is 0.310. The SMILES string of the molecule is CCC(C)CSCCC(C)N. The summed E-state index contributed by atoms with van der Waals surface area (Å²) >= 11 is 2.03. The van der Waals surface area contributed by atoms with E-state index in [1.807, 2.05) is 11.8 Å². The molecule has 0 spiro atoms. The smallest absolute Gasteiger partial charge is 0.00183 e. The Labute approximate surface area is 75.1 Å². The van der Waals surface area contributed by atoms with Crippen LogP contribution < -0.4 is 5.73 Å². The van der Waals surface area contributed by atoms with Crippen LogP contribution in [-0.4, -0.2) is 17.5 Å². The zero-order valence-electron chi connectivity index (χ0n) is 7.97. The molecule has 68 valence electrons. The molecule has 2 unspecified atom stereocenters. The summed E-state index contributed by atoms with van der Waals surface area (Å²) < 4.78 is 0. The molecule has 0 fully saturated rings. The average molecular weight is 175 g/mol. The maximum absolute atomic E-state index is 5.63. The van der Waals surface area contributed by atoms with Gasteiger partial charge in [-0.3, -0.25) is 0 Å². The Morgan fingerprint density at radius 2 is 2.00 bits per heavy atom. The number of nitrogens with two attached hydrogens (primary N) is 1. The van der Waals surface area contributed by atoms with E-state index in [9.17, 15) is 0 Å². The van der Waals surface area contributed by atoms with Crippen molar-refractivity contribution in [2.45, 2.75) is 39.7 Å². The standard InChI is InChI=1S/C9H21NS/c1-4-8(2)7-11-6-5-9(3)10/h8-9H,4-7,10H2,1-3H3. The van der Waals surface area contributed by atoms with Gasteiger partial charge in [0.25, 0.3) is 0 Å². The highest BCUT2D eigenvalue weighted by atomic mass is 32.2. The Balaban J connectivity index is 3.01. The highest BCUT2D eigenvalue weighted by Crippen LogP contribution is 2.12. The summed E-state index contributed by atoms with van der Waals surface area (Å²) in [5.41, 5.74) is 5.63. The third-order valence-electron chi connectivity index (χ3n) is 1.82. The van der Waals surface area contributed by atoms with Gasteiger partial charge in [-0.15, -0.1) is 0 Å². The molecule has 0 aromatic carbocycles. The molecule has 0 aromatic rings. The molecule has 0 aliphatic heterocycles. The number of hydrogen-bond donors (Lipinski definition) is 1. The van der Waals surface area contributed by atoms with Gasteiger partial charge in [-0.25, -0.2) is 0 Å². The highest BCUT2D eigenvalue weighted by molar-refractivity contribution is 7.99. The molecule has 2 N–H and O–H groups in total. The van der Waals surface area contributed by atoms with Crippen LogP contribution in [-0.2, 0) is 0 Å². The van der Waals surface area contributed by atoms with Crippen molar-refractivity contribution >= 4 is 11.8 Å². The molecule has 0 saturated carbocycles. The van der Waals surface area contributed by atoms with E-state index in [0.29, 0.717) is 6.04 Å². The third-order valence-corrected chi connectivity index (χ3v) is 3.15. The Morgan fingerprint density at radius 1 is 1.36 bits per heavy atom. The van der Waals surface area contributed by atoms with E-state index in [2.05, 4.69) is 20.8 Å². The van der Waals surface area contributed by atoms with Crippen LogP contribution in [0.2, 0.25) is 0 Å². The van der Waals surface area contributed by atoms with E-state index in [4.69, 9.17) is 5.73 Å². The van der Waals surface area contributed by atoms with Crippen LogP contribution >= 0.6 is 11.8 Å². The minimum Gasteiger partial charge on any atom is -0.328 e. The second kappa shape index (κ2) is 6.99. The van der Waals surface area contributed by atoms with Gasteiger partial charge in [0.15, 0.2) is 0 Å². The van der Waals surface area contributed by atoms with Crippen molar-refractivity contribution in [3.63, 3.8) is 0 Å². The first-order chi connectivity index (χ1) is 5.16. The molecular weight excluding hydrogens is 154 g/mol. The normalized spacial score (nSPS) is 16.4. The summed E-state index contributed by atoms with van der Waals surface area (Å²) in [6.45, 7) is 6.62. The molecule has 0 aliphatic rings. The summed E-state index contributed by atoms with van der Waals surface area (Å²) in [6, 6.07) is 0.374. The second-order valence-corrected chi connectivity index (χ2v) is 4.50. The van der Waals surface area contributed by atoms with Gasteiger partial charge in [-0.2, -0.15) is 11.8 Å².